The van der Waals surface area contributed by atoms with E-state index in [1.165, 1.54) is 56.9 Å². The van der Waals surface area contributed by atoms with Crippen molar-refractivity contribution < 1.29 is 9.53 Å². The molecule has 0 aromatic rings. The second kappa shape index (κ2) is 9.11. The maximum absolute atomic E-state index is 13.7. The van der Waals surface area contributed by atoms with Crippen molar-refractivity contribution in [3.63, 3.8) is 0 Å². The molecule has 3 fully saturated rings. The predicted molar refractivity (Wildman–Crippen MR) is 138 cm³/mol. The quantitative estimate of drug-likeness (QED) is 0.401. The number of ketones is 1. The average Bonchev–Trinajstić information content (AvgIpc) is 3.05. The Bertz CT molecular complexity index is 757. The van der Waals surface area contributed by atoms with Gasteiger partial charge < -0.3 is 4.74 Å². The predicted octanol–water partition coefficient (Wildman–Crippen LogP) is 8.39. The first-order valence-electron chi connectivity index (χ1n) is 14.3. The van der Waals surface area contributed by atoms with Gasteiger partial charge in [0.1, 0.15) is 0 Å². The lowest BCUT2D eigenvalue weighted by Crippen LogP contribution is -2.54. The Kier molecular flexibility index (Phi) is 7.03. The van der Waals surface area contributed by atoms with Crippen LogP contribution in [0, 0.1) is 46.3 Å². The Morgan fingerprint density at radius 3 is 2.39 bits per heavy atom. The molecular formula is C31H52O2. The van der Waals surface area contributed by atoms with Crippen LogP contribution in [-0.2, 0) is 9.53 Å². The first kappa shape index (κ1) is 25.5. The van der Waals surface area contributed by atoms with Crippen molar-refractivity contribution in [2.45, 2.75) is 131 Å². The van der Waals surface area contributed by atoms with Crippen LogP contribution >= 0.6 is 0 Å². The van der Waals surface area contributed by atoms with Gasteiger partial charge in [-0.1, -0.05) is 59.5 Å². The molecule has 4 aliphatic rings. The van der Waals surface area contributed by atoms with E-state index in [1.54, 1.807) is 0 Å². The number of fused-ring (bicyclic) bond motifs is 5. The van der Waals surface area contributed by atoms with Gasteiger partial charge in [-0.25, -0.2) is 0 Å². The SMILES string of the molecule is CC(C)CCC[C@@H](C)[C@H]1CC[C@H]2[C@H]3C(=O)C=C4C[C@@H](OC(C)(C)C)CC[C@]4(C)[C@H]3CC[C@]12C. The molecule has 0 aromatic heterocycles. The molecule has 0 radical (unpaired) electrons. The third kappa shape index (κ3) is 4.76. The summed E-state index contributed by atoms with van der Waals surface area (Å²) in [5.74, 6) is 4.29. The summed E-state index contributed by atoms with van der Waals surface area (Å²) >= 11 is 0. The molecule has 0 saturated heterocycles. The Labute approximate surface area is 204 Å². The molecule has 0 N–H and O–H groups in total. The van der Waals surface area contributed by atoms with Gasteiger partial charge in [-0.15, -0.1) is 0 Å². The number of allylic oxidation sites excluding steroid dienone is 1. The Balaban J connectivity index is 1.51. The van der Waals surface area contributed by atoms with Crippen molar-refractivity contribution in [2.75, 3.05) is 0 Å². The van der Waals surface area contributed by atoms with Crippen molar-refractivity contribution >= 4 is 5.78 Å². The Hall–Kier alpha value is -0.630. The molecule has 0 spiro atoms. The van der Waals surface area contributed by atoms with Gasteiger partial charge in [0, 0.05) is 5.92 Å². The summed E-state index contributed by atoms with van der Waals surface area (Å²) in [6, 6.07) is 0. The van der Waals surface area contributed by atoms with Crippen LogP contribution in [0.2, 0.25) is 0 Å². The molecule has 0 unspecified atom stereocenters. The summed E-state index contributed by atoms with van der Waals surface area (Å²) in [4.78, 5) is 13.7. The molecule has 2 nitrogen and oxygen atoms in total. The summed E-state index contributed by atoms with van der Waals surface area (Å²) < 4.78 is 6.36. The van der Waals surface area contributed by atoms with Gasteiger partial charge in [-0.05, 0) is 112 Å². The number of rotatable bonds is 6. The zero-order chi connectivity index (χ0) is 24.2. The van der Waals surface area contributed by atoms with Crippen molar-refractivity contribution in [1.82, 2.24) is 0 Å². The van der Waals surface area contributed by atoms with Gasteiger partial charge in [0.2, 0.25) is 0 Å². The van der Waals surface area contributed by atoms with Crippen molar-refractivity contribution in [3.8, 4) is 0 Å². The minimum atomic E-state index is -0.114. The van der Waals surface area contributed by atoms with Crippen LogP contribution in [0.5, 0.6) is 0 Å². The smallest absolute Gasteiger partial charge is 0.159 e. The van der Waals surface area contributed by atoms with Gasteiger partial charge in [0.05, 0.1) is 11.7 Å². The number of carbonyl (C=O) groups is 1. The zero-order valence-corrected chi connectivity index (χ0v) is 23.0. The van der Waals surface area contributed by atoms with Crippen LogP contribution in [0.15, 0.2) is 11.6 Å². The molecule has 0 aliphatic heterocycles. The van der Waals surface area contributed by atoms with E-state index in [9.17, 15) is 4.79 Å². The van der Waals surface area contributed by atoms with Crippen LogP contribution in [0.3, 0.4) is 0 Å². The fourth-order valence-electron chi connectivity index (χ4n) is 8.99. The van der Waals surface area contributed by atoms with E-state index in [-0.39, 0.29) is 23.0 Å². The lowest BCUT2D eigenvalue weighted by Gasteiger charge is -2.58. The molecule has 0 aromatic carbocycles. The second-order valence-corrected chi connectivity index (χ2v) is 14.4. The molecule has 0 bridgehead atoms. The Morgan fingerprint density at radius 1 is 1.00 bits per heavy atom. The van der Waals surface area contributed by atoms with E-state index in [0.29, 0.717) is 23.0 Å². The van der Waals surface area contributed by atoms with Crippen molar-refractivity contribution in [1.29, 1.82) is 0 Å². The monoisotopic (exact) mass is 456 g/mol. The molecule has 0 amide bonds. The van der Waals surface area contributed by atoms with E-state index >= 15 is 0 Å². The zero-order valence-electron chi connectivity index (χ0n) is 23.0. The van der Waals surface area contributed by atoms with Crippen LogP contribution in [0.25, 0.3) is 0 Å². The number of ether oxygens (including phenoxy) is 1. The third-order valence-corrected chi connectivity index (χ3v) is 10.6. The molecule has 3 saturated carbocycles. The molecule has 188 valence electrons. The molecule has 4 rings (SSSR count). The molecule has 0 heterocycles. The maximum atomic E-state index is 13.7. The second-order valence-electron chi connectivity index (χ2n) is 14.4. The van der Waals surface area contributed by atoms with E-state index in [2.05, 4.69) is 61.5 Å². The van der Waals surface area contributed by atoms with E-state index < -0.39 is 0 Å². The summed E-state index contributed by atoms with van der Waals surface area (Å²) in [5.41, 5.74) is 1.87. The number of carbonyl (C=O) groups excluding carboxylic acids is 1. The Morgan fingerprint density at radius 2 is 1.73 bits per heavy atom. The average molecular weight is 457 g/mol. The van der Waals surface area contributed by atoms with Gasteiger partial charge in [0.15, 0.2) is 5.78 Å². The first-order valence-corrected chi connectivity index (χ1v) is 14.3. The topological polar surface area (TPSA) is 26.3 Å². The summed E-state index contributed by atoms with van der Waals surface area (Å²) in [6.07, 6.45) is 14.9. The van der Waals surface area contributed by atoms with Crippen LogP contribution in [-0.4, -0.2) is 17.5 Å². The minimum absolute atomic E-state index is 0.114. The third-order valence-electron chi connectivity index (χ3n) is 10.6. The molecular weight excluding hydrogens is 404 g/mol. The number of hydrogen-bond acceptors (Lipinski definition) is 2. The molecule has 4 aliphatic carbocycles. The van der Waals surface area contributed by atoms with Gasteiger partial charge in [0.25, 0.3) is 0 Å². The molecule has 33 heavy (non-hydrogen) atoms. The van der Waals surface area contributed by atoms with E-state index in [4.69, 9.17) is 4.74 Å². The lowest BCUT2D eigenvalue weighted by atomic mass is 9.46. The lowest BCUT2D eigenvalue weighted by molar-refractivity contribution is -0.137. The largest absolute Gasteiger partial charge is 0.372 e. The number of hydrogen-bond donors (Lipinski definition) is 0. The normalized spacial score (nSPS) is 41.9. The summed E-state index contributed by atoms with van der Waals surface area (Å²) in [5, 5.41) is 0. The van der Waals surface area contributed by atoms with Gasteiger partial charge in [-0.2, -0.15) is 0 Å². The van der Waals surface area contributed by atoms with Crippen LogP contribution in [0.4, 0.5) is 0 Å². The summed E-state index contributed by atoms with van der Waals surface area (Å²) in [6.45, 7) is 18.7. The highest BCUT2D eigenvalue weighted by molar-refractivity contribution is 5.94. The highest BCUT2D eigenvalue weighted by atomic mass is 16.5. The maximum Gasteiger partial charge on any atom is 0.159 e. The molecule has 8 atom stereocenters. The van der Waals surface area contributed by atoms with E-state index in [0.717, 1.165) is 30.6 Å². The highest BCUT2D eigenvalue weighted by Gasteiger charge is 2.61. The van der Waals surface area contributed by atoms with E-state index in [1.807, 2.05) is 0 Å². The van der Waals surface area contributed by atoms with Crippen molar-refractivity contribution in [2.24, 2.45) is 46.3 Å². The summed E-state index contributed by atoms with van der Waals surface area (Å²) in [7, 11) is 0. The molecule has 2 heteroatoms. The van der Waals surface area contributed by atoms with Crippen LogP contribution in [0.1, 0.15) is 120 Å². The van der Waals surface area contributed by atoms with Gasteiger partial charge >= 0.3 is 0 Å². The fourth-order valence-corrected chi connectivity index (χ4v) is 8.99. The van der Waals surface area contributed by atoms with Gasteiger partial charge in [-0.3, -0.25) is 4.79 Å². The fraction of sp³-hybridized carbons (Fsp3) is 0.903. The van der Waals surface area contributed by atoms with Crippen molar-refractivity contribution in [3.05, 3.63) is 11.6 Å². The first-order chi connectivity index (χ1) is 15.3. The highest BCUT2D eigenvalue weighted by Crippen LogP contribution is 2.66. The minimum Gasteiger partial charge on any atom is -0.372 e. The van der Waals surface area contributed by atoms with Crippen LogP contribution < -0.4 is 0 Å². The standard InChI is InChI=1S/C31H52O2/c1-20(2)10-9-11-21(3)24-12-13-25-28-26(15-17-31(24,25)8)30(7)16-14-23(33-29(4,5)6)18-22(30)19-27(28)32/h19-21,23-26,28H,9-18H2,1-8H3/t21-,23+,24-,25+,26+,28-,30+,31-/m1/s1.